The first-order valence-corrected chi connectivity index (χ1v) is 4.88. The summed E-state index contributed by atoms with van der Waals surface area (Å²) in [6.07, 6.45) is -0.0991. The van der Waals surface area contributed by atoms with Crippen molar-refractivity contribution in [3.8, 4) is 0 Å². The molecule has 0 fully saturated rings. The average molecular weight is 240 g/mol. The van der Waals surface area contributed by atoms with E-state index in [2.05, 4.69) is 10.3 Å². The number of H-pyrrole nitrogens is 1. The van der Waals surface area contributed by atoms with Crippen LogP contribution in [0.15, 0.2) is 23.0 Å². The number of amides is 1. The first-order chi connectivity index (χ1) is 8.04. The van der Waals surface area contributed by atoms with Crippen molar-refractivity contribution in [2.45, 2.75) is 12.5 Å². The lowest BCUT2D eigenvalue weighted by molar-refractivity contribution is -0.139. The fourth-order valence-electron chi connectivity index (χ4n) is 1.20. The van der Waals surface area contributed by atoms with Crippen molar-refractivity contribution in [2.75, 3.05) is 6.61 Å². The molecule has 0 saturated heterocycles. The van der Waals surface area contributed by atoms with E-state index in [4.69, 9.17) is 10.2 Å². The normalized spacial score (nSPS) is 11.8. The van der Waals surface area contributed by atoms with E-state index in [1.807, 2.05) is 0 Å². The molecule has 1 aromatic rings. The van der Waals surface area contributed by atoms with E-state index in [0.717, 1.165) is 0 Å². The molecule has 1 aromatic heterocycles. The summed E-state index contributed by atoms with van der Waals surface area (Å²) in [7, 11) is 0. The highest BCUT2D eigenvalue weighted by Gasteiger charge is 2.20. The van der Waals surface area contributed by atoms with E-state index in [1.165, 1.54) is 18.2 Å². The first kappa shape index (κ1) is 12.9. The largest absolute Gasteiger partial charge is 0.480 e. The molecule has 7 nitrogen and oxygen atoms in total. The van der Waals surface area contributed by atoms with E-state index in [1.54, 1.807) is 0 Å². The molecule has 0 spiro atoms. The van der Waals surface area contributed by atoms with Crippen molar-refractivity contribution in [2.24, 2.45) is 0 Å². The van der Waals surface area contributed by atoms with Gasteiger partial charge in [0.2, 0.25) is 5.56 Å². The molecule has 0 aliphatic carbocycles. The molecule has 17 heavy (non-hydrogen) atoms. The van der Waals surface area contributed by atoms with Crippen LogP contribution in [0.3, 0.4) is 0 Å². The summed E-state index contributed by atoms with van der Waals surface area (Å²) < 4.78 is 0. The fourth-order valence-corrected chi connectivity index (χ4v) is 1.20. The number of aliphatic carboxylic acids is 1. The van der Waals surface area contributed by atoms with Gasteiger partial charge in [0.25, 0.3) is 5.91 Å². The number of rotatable bonds is 5. The van der Waals surface area contributed by atoms with Gasteiger partial charge in [-0.25, -0.2) is 4.79 Å². The maximum absolute atomic E-state index is 11.6. The highest BCUT2D eigenvalue weighted by atomic mass is 16.4. The minimum absolute atomic E-state index is 0.0262. The zero-order valence-corrected chi connectivity index (χ0v) is 8.84. The second kappa shape index (κ2) is 5.80. The van der Waals surface area contributed by atoms with E-state index >= 15 is 0 Å². The number of aromatic nitrogens is 1. The Morgan fingerprint density at radius 3 is 2.65 bits per heavy atom. The van der Waals surface area contributed by atoms with Gasteiger partial charge in [0.05, 0.1) is 0 Å². The lowest BCUT2D eigenvalue weighted by Crippen LogP contribution is -2.42. The van der Waals surface area contributed by atoms with Crippen LogP contribution in [-0.2, 0) is 4.79 Å². The molecule has 0 aromatic carbocycles. The maximum Gasteiger partial charge on any atom is 0.326 e. The Labute approximate surface area is 96.1 Å². The highest BCUT2D eigenvalue weighted by Crippen LogP contribution is 1.96. The number of aliphatic hydroxyl groups is 1. The standard InChI is InChI=1S/C10H12N2O5/c13-5-4-7(10(16)17)12-9(15)6-2-1-3-8(14)11-6/h1-3,7,13H,4-5H2,(H,11,14)(H,12,15)(H,16,17)/t7-/m0/s1. The van der Waals surface area contributed by atoms with E-state index in [9.17, 15) is 14.4 Å². The van der Waals surface area contributed by atoms with Crippen molar-refractivity contribution in [1.82, 2.24) is 10.3 Å². The van der Waals surface area contributed by atoms with E-state index < -0.39 is 23.5 Å². The summed E-state index contributed by atoms with van der Waals surface area (Å²) in [5.74, 6) is -1.95. The molecule has 0 saturated carbocycles. The van der Waals surface area contributed by atoms with Crippen molar-refractivity contribution >= 4 is 11.9 Å². The third-order valence-corrected chi connectivity index (χ3v) is 2.03. The van der Waals surface area contributed by atoms with Crippen LogP contribution in [0, 0.1) is 0 Å². The third kappa shape index (κ3) is 3.72. The van der Waals surface area contributed by atoms with Crippen LogP contribution in [0.2, 0.25) is 0 Å². The van der Waals surface area contributed by atoms with Crippen LogP contribution in [0.1, 0.15) is 16.9 Å². The van der Waals surface area contributed by atoms with Crippen LogP contribution < -0.4 is 10.9 Å². The predicted octanol–water partition coefficient (Wildman–Crippen LogP) is -1.06. The van der Waals surface area contributed by atoms with Crippen molar-refractivity contribution in [3.63, 3.8) is 0 Å². The van der Waals surface area contributed by atoms with Gasteiger partial charge in [-0.05, 0) is 6.07 Å². The fraction of sp³-hybridized carbons (Fsp3) is 0.300. The Hall–Kier alpha value is -2.15. The smallest absolute Gasteiger partial charge is 0.326 e. The minimum atomic E-state index is -1.24. The topological polar surface area (TPSA) is 119 Å². The van der Waals surface area contributed by atoms with Gasteiger partial charge in [0, 0.05) is 19.1 Å². The number of aliphatic hydroxyl groups excluding tert-OH is 1. The molecule has 0 aliphatic rings. The Morgan fingerprint density at radius 2 is 2.12 bits per heavy atom. The second-order valence-corrected chi connectivity index (χ2v) is 3.31. The number of carbonyl (C=O) groups excluding carboxylic acids is 1. The number of carboxylic acid groups (broad SMARTS) is 1. The zero-order valence-electron chi connectivity index (χ0n) is 8.84. The van der Waals surface area contributed by atoms with Crippen molar-refractivity contribution in [1.29, 1.82) is 0 Å². The number of carboxylic acids is 1. The third-order valence-electron chi connectivity index (χ3n) is 2.03. The quantitative estimate of drug-likeness (QED) is 0.523. The number of hydrogen-bond acceptors (Lipinski definition) is 4. The predicted molar refractivity (Wildman–Crippen MR) is 57.7 cm³/mol. The molecule has 0 bridgehead atoms. The minimum Gasteiger partial charge on any atom is -0.480 e. The van der Waals surface area contributed by atoms with Crippen LogP contribution in [0.5, 0.6) is 0 Å². The second-order valence-electron chi connectivity index (χ2n) is 3.31. The lowest BCUT2D eigenvalue weighted by Gasteiger charge is -2.12. The lowest BCUT2D eigenvalue weighted by atomic mass is 10.2. The molecule has 92 valence electrons. The number of nitrogens with one attached hydrogen (secondary N) is 2. The molecule has 1 amide bonds. The summed E-state index contributed by atoms with van der Waals surface area (Å²) in [5, 5.41) is 19.6. The van der Waals surface area contributed by atoms with Gasteiger partial charge in [-0.3, -0.25) is 9.59 Å². The van der Waals surface area contributed by atoms with E-state index in [0.29, 0.717) is 0 Å². The Morgan fingerprint density at radius 1 is 1.41 bits per heavy atom. The average Bonchev–Trinajstić information content (AvgIpc) is 2.28. The summed E-state index contributed by atoms with van der Waals surface area (Å²) in [6.45, 7) is -0.359. The Bertz CT molecular complexity index is 468. The number of hydrogen-bond donors (Lipinski definition) is 4. The molecule has 1 heterocycles. The maximum atomic E-state index is 11.6. The molecule has 1 rings (SSSR count). The van der Waals surface area contributed by atoms with Gasteiger partial charge in [0.15, 0.2) is 0 Å². The van der Waals surface area contributed by atoms with Gasteiger partial charge >= 0.3 is 5.97 Å². The SMILES string of the molecule is O=C(N[C@@H](CCO)C(=O)O)c1cccc(=O)[nH]1. The number of aromatic amines is 1. The van der Waals surface area contributed by atoms with Crippen LogP contribution >= 0.6 is 0 Å². The van der Waals surface area contributed by atoms with Crippen LogP contribution in [0.25, 0.3) is 0 Å². The van der Waals surface area contributed by atoms with Gasteiger partial charge in [-0.15, -0.1) is 0 Å². The van der Waals surface area contributed by atoms with Gasteiger partial charge < -0.3 is 20.5 Å². The highest BCUT2D eigenvalue weighted by molar-refractivity contribution is 5.94. The summed E-state index contributed by atoms with van der Waals surface area (Å²) >= 11 is 0. The number of carbonyl (C=O) groups is 2. The van der Waals surface area contributed by atoms with Crippen molar-refractivity contribution in [3.05, 3.63) is 34.2 Å². The molecule has 4 N–H and O–H groups in total. The summed E-state index contributed by atoms with van der Waals surface area (Å²) in [4.78, 5) is 35.5. The van der Waals surface area contributed by atoms with Crippen molar-refractivity contribution < 1.29 is 19.8 Å². The van der Waals surface area contributed by atoms with E-state index in [-0.39, 0.29) is 18.7 Å². The molecule has 7 heteroatoms. The molecular weight excluding hydrogens is 228 g/mol. The van der Waals surface area contributed by atoms with Gasteiger partial charge in [-0.1, -0.05) is 6.07 Å². The molecule has 0 aliphatic heterocycles. The Balaban J connectivity index is 2.77. The molecular formula is C10H12N2O5. The zero-order chi connectivity index (χ0) is 12.8. The molecule has 1 atom stereocenters. The number of pyridine rings is 1. The van der Waals surface area contributed by atoms with Gasteiger partial charge in [0.1, 0.15) is 11.7 Å². The Kier molecular flexibility index (Phi) is 4.41. The van der Waals surface area contributed by atoms with Crippen LogP contribution in [0.4, 0.5) is 0 Å². The first-order valence-electron chi connectivity index (χ1n) is 4.88. The van der Waals surface area contributed by atoms with Crippen LogP contribution in [-0.4, -0.2) is 39.7 Å². The molecule has 0 unspecified atom stereocenters. The summed E-state index contributed by atoms with van der Waals surface area (Å²) in [5.41, 5.74) is -0.478. The summed E-state index contributed by atoms with van der Waals surface area (Å²) in [6, 6.07) is 2.79. The molecule has 0 radical (unpaired) electrons. The monoisotopic (exact) mass is 240 g/mol. The van der Waals surface area contributed by atoms with Gasteiger partial charge in [-0.2, -0.15) is 0 Å².